The largest absolute Gasteiger partial charge is 0.354 e. The van der Waals surface area contributed by atoms with Crippen molar-refractivity contribution < 1.29 is 14.3 Å². The van der Waals surface area contributed by atoms with Gasteiger partial charge in [0.05, 0.1) is 13.2 Å². The lowest BCUT2D eigenvalue weighted by atomic mass is 10.0. The minimum Gasteiger partial charge on any atom is -0.354 e. The Bertz CT molecular complexity index is 616. The van der Waals surface area contributed by atoms with E-state index in [4.69, 9.17) is 9.47 Å². The Hall–Kier alpha value is -1.77. The van der Waals surface area contributed by atoms with E-state index >= 15 is 0 Å². The molecule has 0 N–H and O–H groups in total. The van der Waals surface area contributed by atoms with Crippen LogP contribution in [-0.2, 0) is 9.47 Å². The Morgan fingerprint density at radius 1 is 1.04 bits per heavy atom. The van der Waals surface area contributed by atoms with Gasteiger partial charge in [-0.1, -0.05) is 0 Å². The van der Waals surface area contributed by atoms with Gasteiger partial charge < -0.3 is 24.2 Å². The quantitative estimate of drug-likeness (QED) is 0.757. The highest BCUT2D eigenvalue weighted by Gasteiger charge is 2.41. The molecule has 0 bridgehead atoms. The molecule has 0 atom stereocenters. The van der Waals surface area contributed by atoms with Crippen LogP contribution in [0, 0.1) is 0 Å². The first-order valence-electron chi connectivity index (χ1n) is 8.98. The average molecular weight is 347 g/mol. The maximum Gasteiger partial charge on any atom is 0.272 e. The second kappa shape index (κ2) is 6.86. The van der Waals surface area contributed by atoms with E-state index in [0.29, 0.717) is 32.0 Å². The third-order valence-electron chi connectivity index (χ3n) is 5.33. The number of carbonyl (C=O) groups excluding carboxylic acids is 1. The summed E-state index contributed by atoms with van der Waals surface area (Å²) in [5.41, 5.74) is 0.466. The summed E-state index contributed by atoms with van der Waals surface area (Å²) >= 11 is 0. The molecule has 1 aromatic rings. The first-order chi connectivity index (χ1) is 12.2. The van der Waals surface area contributed by atoms with Crippen molar-refractivity contribution in [2.24, 2.45) is 0 Å². The second-order valence-corrected chi connectivity index (χ2v) is 6.95. The van der Waals surface area contributed by atoms with Gasteiger partial charge >= 0.3 is 0 Å². The van der Waals surface area contributed by atoms with Crippen molar-refractivity contribution >= 4 is 11.7 Å². The first kappa shape index (κ1) is 16.7. The van der Waals surface area contributed by atoms with Gasteiger partial charge in [-0.15, -0.1) is 0 Å². The summed E-state index contributed by atoms with van der Waals surface area (Å²) in [7, 11) is 2.12. The summed E-state index contributed by atoms with van der Waals surface area (Å²) in [6, 6.07) is 1.82. The van der Waals surface area contributed by atoms with Gasteiger partial charge in [-0.3, -0.25) is 4.79 Å². The number of hydrogen-bond donors (Lipinski definition) is 0. The van der Waals surface area contributed by atoms with Crippen LogP contribution in [0.4, 0.5) is 5.82 Å². The number of nitrogens with zero attached hydrogens (tertiary/aromatic N) is 5. The van der Waals surface area contributed by atoms with Gasteiger partial charge in [-0.2, -0.15) is 0 Å². The molecule has 0 radical (unpaired) electrons. The standard InChI is InChI=1S/C17H25N5O3/c1-20-6-8-21(9-7-20)15-12-14(18-13-19-15)16(23)22-4-2-17(3-5-22)24-10-11-25-17/h12-13H,2-11H2,1H3. The molecule has 0 saturated carbocycles. The highest BCUT2D eigenvalue weighted by molar-refractivity contribution is 5.93. The van der Waals surface area contributed by atoms with E-state index in [9.17, 15) is 4.79 Å². The zero-order valence-electron chi connectivity index (χ0n) is 14.7. The zero-order chi connectivity index (χ0) is 17.3. The van der Waals surface area contributed by atoms with Crippen molar-refractivity contribution in [3.8, 4) is 0 Å². The predicted octanol–water partition coefficient (Wildman–Crippen LogP) is 0.208. The lowest BCUT2D eigenvalue weighted by molar-refractivity contribution is -0.181. The predicted molar refractivity (Wildman–Crippen MR) is 91.5 cm³/mol. The van der Waals surface area contributed by atoms with Gasteiger partial charge in [0.2, 0.25) is 0 Å². The van der Waals surface area contributed by atoms with Crippen LogP contribution in [0.1, 0.15) is 23.3 Å². The van der Waals surface area contributed by atoms with E-state index in [1.807, 2.05) is 11.0 Å². The Morgan fingerprint density at radius 3 is 2.40 bits per heavy atom. The van der Waals surface area contributed by atoms with Crippen LogP contribution in [0.2, 0.25) is 0 Å². The summed E-state index contributed by atoms with van der Waals surface area (Å²) in [5, 5.41) is 0. The van der Waals surface area contributed by atoms with Gasteiger partial charge in [0.1, 0.15) is 17.8 Å². The second-order valence-electron chi connectivity index (χ2n) is 6.95. The normalized spacial score (nSPS) is 24.0. The molecule has 8 heteroatoms. The number of likely N-dealkylation sites (N-methyl/N-ethyl adjacent to an activating group) is 1. The number of anilines is 1. The van der Waals surface area contributed by atoms with Crippen LogP contribution in [0.15, 0.2) is 12.4 Å². The molecule has 0 aliphatic carbocycles. The van der Waals surface area contributed by atoms with Crippen LogP contribution in [0.3, 0.4) is 0 Å². The van der Waals surface area contributed by atoms with Gasteiger partial charge in [-0.25, -0.2) is 9.97 Å². The SMILES string of the molecule is CN1CCN(c2cc(C(=O)N3CCC4(CC3)OCCO4)ncn2)CC1. The van der Waals surface area contributed by atoms with Crippen molar-refractivity contribution in [3.05, 3.63) is 18.1 Å². The van der Waals surface area contributed by atoms with Crippen LogP contribution >= 0.6 is 0 Å². The molecule has 3 saturated heterocycles. The van der Waals surface area contributed by atoms with E-state index in [2.05, 4.69) is 26.8 Å². The van der Waals surface area contributed by atoms with Gasteiger partial charge in [-0.05, 0) is 7.05 Å². The molecule has 0 unspecified atom stereocenters. The van der Waals surface area contributed by atoms with Crippen LogP contribution < -0.4 is 4.90 Å². The van der Waals surface area contributed by atoms with Crippen molar-refractivity contribution in [1.82, 2.24) is 19.8 Å². The van der Waals surface area contributed by atoms with Crippen molar-refractivity contribution in [2.45, 2.75) is 18.6 Å². The number of ether oxygens (including phenoxy) is 2. The zero-order valence-corrected chi connectivity index (χ0v) is 14.7. The molecule has 8 nitrogen and oxygen atoms in total. The molecule has 25 heavy (non-hydrogen) atoms. The summed E-state index contributed by atoms with van der Waals surface area (Å²) in [6.45, 7) is 6.40. The molecule has 1 aromatic heterocycles. The third-order valence-corrected chi connectivity index (χ3v) is 5.33. The molecule has 4 rings (SSSR count). The average Bonchev–Trinajstić information content (AvgIpc) is 3.10. The van der Waals surface area contributed by atoms with E-state index in [0.717, 1.165) is 44.8 Å². The van der Waals surface area contributed by atoms with Gasteiger partial charge in [0, 0.05) is 58.2 Å². The highest BCUT2D eigenvalue weighted by atomic mass is 16.7. The maximum absolute atomic E-state index is 12.8. The number of carbonyl (C=O) groups is 1. The molecule has 1 amide bonds. The summed E-state index contributed by atoms with van der Waals surface area (Å²) in [5.74, 6) is 0.334. The molecule has 3 fully saturated rings. The molecule has 0 aromatic carbocycles. The summed E-state index contributed by atoms with van der Waals surface area (Å²) in [4.78, 5) is 27.7. The van der Waals surface area contributed by atoms with Crippen molar-refractivity contribution in [1.29, 1.82) is 0 Å². The van der Waals surface area contributed by atoms with E-state index in [-0.39, 0.29) is 5.91 Å². The molecule has 3 aliphatic rings. The Morgan fingerprint density at radius 2 is 1.72 bits per heavy atom. The molecule has 136 valence electrons. The molecular formula is C17H25N5O3. The number of rotatable bonds is 2. The van der Waals surface area contributed by atoms with Crippen LogP contribution in [-0.4, -0.2) is 91.0 Å². The fourth-order valence-electron chi connectivity index (χ4n) is 3.67. The van der Waals surface area contributed by atoms with Gasteiger partial charge in [0.25, 0.3) is 5.91 Å². The first-order valence-corrected chi connectivity index (χ1v) is 8.98. The highest BCUT2D eigenvalue weighted by Crippen LogP contribution is 2.31. The van der Waals surface area contributed by atoms with Crippen molar-refractivity contribution in [2.75, 3.05) is 64.4 Å². The smallest absolute Gasteiger partial charge is 0.272 e. The minimum absolute atomic E-state index is 0.0365. The number of hydrogen-bond acceptors (Lipinski definition) is 7. The molecule has 4 heterocycles. The Labute approximate surface area is 147 Å². The van der Waals surface area contributed by atoms with Crippen LogP contribution in [0.5, 0.6) is 0 Å². The van der Waals surface area contributed by atoms with Crippen molar-refractivity contribution in [3.63, 3.8) is 0 Å². The maximum atomic E-state index is 12.8. The summed E-state index contributed by atoms with van der Waals surface area (Å²) in [6.07, 6.45) is 2.93. The number of piperidine rings is 1. The van der Waals surface area contributed by atoms with E-state index in [1.165, 1.54) is 6.33 Å². The lowest BCUT2D eigenvalue weighted by Crippen LogP contribution is -2.47. The van der Waals surface area contributed by atoms with E-state index < -0.39 is 5.79 Å². The topological polar surface area (TPSA) is 71.0 Å². The lowest BCUT2D eigenvalue weighted by Gasteiger charge is -2.37. The fraction of sp³-hybridized carbons (Fsp3) is 0.706. The Balaban J connectivity index is 1.41. The molecule has 3 aliphatic heterocycles. The molecular weight excluding hydrogens is 322 g/mol. The Kier molecular flexibility index (Phi) is 4.58. The number of likely N-dealkylation sites (tertiary alicyclic amines) is 1. The number of aromatic nitrogens is 2. The summed E-state index contributed by atoms with van der Waals surface area (Å²) < 4.78 is 11.5. The third kappa shape index (κ3) is 3.47. The number of piperazine rings is 1. The monoisotopic (exact) mass is 347 g/mol. The minimum atomic E-state index is -0.465. The van der Waals surface area contributed by atoms with E-state index in [1.54, 1.807) is 0 Å². The molecule has 1 spiro atoms. The fourth-order valence-corrected chi connectivity index (χ4v) is 3.67. The van der Waals surface area contributed by atoms with Crippen LogP contribution in [0.25, 0.3) is 0 Å². The van der Waals surface area contributed by atoms with Gasteiger partial charge in [0.15, 0.2) is 5.79 Å². The number of amides is 1.